The number of benzene rings is 1. The molecule has 8 nitrogen and oxygen atoms in total. The SMILES string of the molecule is C1CC1.CC(NSC(C)(C)C)c1c(F)c(Cl)c(-c2cn3cc(NC=O)nc3cn2)c2cn[nH]c12. The highest BCUT2D eigenvalue weighted by molar-refractivity contribution is 7.98. The normalized spacial score (nSPS) is 14.1. The molecule has 0 bridgehead atoms. The number of nitrogens with one attached hydrogen (secondary N) is 3. The Hall–Kier alpha value is -2.69. The van der Waals surface area contributed by atoms with Gasteiger partial charge < -0.3 is 9.72 Å². The number of hydrogen-bond donors (Lipinski definition) is 3. The first-order valence-corrected chi connectivity index (χ1v) is 12.2. The number of H-pyrrole nitrogens is 1. The lowest BCUT2D eigenvalue weighted by Gasteiger charge is -2.23. The molecule has 11 heteroatoms. The van der Waals surface area contributed by atoms with E-state index in [0.717, 1.165) is 0 Å². The predicted molar refractivity (Wildman–Crippen MR) is 135 cm³/mol. The molecule has 1 amide bonds. The van der Waals surface area contributed by atoms with E-state index in [0.29, 0.717) is 45.6 Å². The van der Waals surface area contributed by atoms with E-state index in [-0.39, 0.29) is 15.8 Å². The van der Waals surface area contributed by atoms with Gasteiger partial charge in [-0.25, -0.2) is 9.37 Å². The van der Waals surface area contributed by atoms with E-state index in [2.05, 4.69) is 51.0 Å². The average Bonchev–Trinajstić information content (AvgIpc) is 3.50. The summed E-state index contributed by atoms with van der Waals surface area (Å²) in [5.41, 5.74) is 2.39. The van der Waals surface area contributed by atoms with Crippen molar-refractivity contribution in [2.24, 2.45) is 0 Å². The summed E-state index contributed by atoms with van der Waals surface area (Å²) in [5.74, 6) is -0.148. The first-order chi connectivity index (χ1) is 16.2. The first-order valence-electron chi connectivity index (χ1n) is 11.0. The Balaban J connectivity index is 0.000000846. The van der Waals surface area contributed by atoms with Crippen molar-refractivity contribution in [2.75, 3.05) is 5.32 Å². The van der Waals surface area contributed by atoms with E-state index in [1.54, 1.807) is 23.0 Å². The van der Waals surface area contributed by atoms with Crippen molar-refractivity contribution in [2.45, 2.75) is 57.7 Å². The van der Waals surface area contributed by atoms with Gasteiger partial charge in [0.15, 0.2) is 11.5 Å². The van der Waals surface area contributed by atoms with Crippen molar-refractivity contribution in [3.05, 3.63) is 41.2 Å². The van der Waals surface area contributed by atoms with Gasteiger partial charge in [-0.05, 0) is 27.7 Å². The van der Waals surface area contributed by atoms with Gasteiger partial charge >= 0.3 is 0 Å². The van der Waals surface area contributed by atoms with E-state index in [4.69, 9.17) is 11.6 Å². The van der Waals surface area contributed by atoms with E-state index in [1.165, 1.54) is 37.4 Å². The van der Waals surface area contributed by atoms with Crippen molar-refractivity contribution in [1.29, 1.82) is 0 Å². The van der Waals surface area contributed by atoms with Crippen molar-refractivity contribution >= 4 is 52.3 Å². The van der Waals surface area contributed by atoms with Gasteiger partial charge in [0.1, 0.15) is 5.82 Å². The summed E-state index contributed by atoms with van der Waals surface area (Å²) >= 11 is 8.06. The van der Waals surface area contributed by atoms with Crippen molar-refractivity contribution in [3.63, 3.8) is 0 Å². The second-order valence-corrected chi connectivity index (χ2v) is 11.2. The smallest absolute Gasteiger partial charge is 0.212 e. The molecule has 0 radical (unpaired) electrons. The van der Waals surface area contributed by atoms with Crippen molar-refractivity contribution in [3.8, 4) is 11.3 Å². The molecule has 1 aliphatic rings. The topological polar surface area (TPSA) is 100 Å². The van der Waals surface area contributed by atoms with Gasteiger partial charge in [0.25, 0.3) is 0 Å². The minimum atomic E-state index is -0.529. The third-order valence-electron chi connectivity index (χ3n) is 4.96. The number of hydrogen-bond acceptors (Lipinski definition) is 6. The molecule has 1 aromatic carbocycles. The zero-order valence-corrected chi connectivity index (χ0v) is 21.0. The molecule has 3 aromatic heterocycles. The maximum Gasteiger partial charge on any atom is 0.212 e. The van der Waals surface area contributed by atoms with Gasteiger partial charge in [-0.3, -0.25) is 19.6 Å². The third-order valence-corrected chi connectivity index (χ3v) is 6.40. The Kier molecular flexibility index (Phi) is 7.11. The molecule has 1 unspecified atom stereocenters. The number of aromatic amines is 1. The lowest BCUT2D eigenvalue weighted by atomic mass is 9.99. The van der Waals surface area contributed by atoms with Gasteiger partial charge in [-0.15, -0.1) is 0 Å². The molecular weight excluding hydrogens is 477 g/mol. The number of aromatic nitrogens is 5. The molecule has 5 rings (SSSR count). The Bertz CT molecular complexity index is 1330. The summed E-state index contributed by atoms with van der Waals surface area (Å²) in [4.78, 5) is 19.3. The van der Waals surface area contributed by atoms with Crippen LogP contribution in [0.1, 0.15) is 58.6 Å². The number of amides is 1. The first kappa shape index (κ1) is 24.4. The quantitative estimate of drug-likeness (QED) is 0.224. The summed E-state index contributed by atoms with van der Waals surface area (Å²) in [6, 6.07) is -0.320. The fourth-order valence-corrected chi connectivity index (χ4v) is 4.22. The summed E-state index contributed by atoms with van der Waals surface area (Å²) in [7, 11) is 0. The second kappa shape index (κ2) is 9.89. The van der Waals surface area contributed by atoms with Crippen LogP contribution in [0.15, 0.2) is 24.8 Å². The zero-order chi connectivity index (χ0) is 24.5. The molecule has 3 N–H and O–H groups in total. The molecular formula is C23H27ClFN7OS. The van der Waals surface area contributed by atoms with Gasteiger partial charge in [0, 0.05) is 33.5 Å². The lowest BCUT2D eigenvalue weighted by Crippen LogP contribution is -2.21. The van der Waals surface area contributed by atoms with Gasteiger partial charge in [-0.2, -0.15) is 5.10 Å². The number of fused-ring (bicyclic) bond motifs is 2. The molecule has 34 heavy (non-hydrogen) atoms. The van der Waals surface area contributed by atoms with Gasteiger partial charge in [0.2, 0.25) is 6.41 Å². The summed E-state index contributed by atoms with van der Waals surface area (Å²) in [5, 5.41) is 10.2. The van der Waals surface area contributed by atoms with Crippen LogP contribution >= 0.6 is 23.5 Å². The molecule has 0 spiro atoms. The van der Waals surface area contributed by atoms with Crippen LogP contribution in [0.5, 0.6) is 0 Å². The fourth-order valence-electron chi connectivity index (χ4n) is 3.28. The highest BCUT2D eigenvalue weighted by Crippen LogP contribution is 2.41. The monoisotopic (exact) mass is 503 g/mol. The molecule has 0 saturated heterocycles. The molecule has 1 atom stereocenters. The van der Waals surface area contributed by atoms with Gasteiger partial charge in [0.05, 0.1) is 34.8 Å². The minimum Gasteiger partial charge on any atom is -0.312 e. The third kappa shape index (κ3) is 5.34. The molecule has 0 aliphatic heterocycles. The van der Waals surface area contributed by atoms with Crippen LogP contribution in [0.3, 0.4) is 0 Å². The summed E-state index contributed by atoms with van der Waals surface area (Å²) in [6.07, 6.45) is 11.5. The standard InChI is InChI=1S/C20H21ClFN7OS.C3H6/c1-10(28-31-20(2,3)4)15-18(22)17(21)16(11-5-25-27-19(11)15)12-7-29-8-13(24-9-30)26-14(29)6-23-12;1-2-3-1/h5-10,28H,1-4H3,(H,24,30)(H,25,27);1-3H2. The number of rotatable bonds is 6. The van der Waals surface area contributed by atoms with Crippen LogP contribution < -0.4 is 10.0 Å². The maximum atomic E-state index is 15.5. The number of nitrogens with zero attached hydrogens (tertiary/aromatic N) is 4. The van der Waals surface area contributed by atoms with E-state index in [9.17, 15) is 4.79 Å². The molecule has 3 heterocycles. The Morgan fingerprint density at radius 2 is 2.00 bits per heavy atom. The van der Waals surface area contributed by atoms with Crippen LogP contribution in [0.25, 0.3) is 27.8 Å². The second-order valence-electron chi connectivity index (χ2n) is 9.12. The lowest BCUT2D eigenvalue weighted by molar-refractivity contribution is -0.105. The Labute approximate surface area is 206 Å². The Morgan fingerprint density at radius 3 is 2.65 bits per heavy atom. The molecule has 1 fully saturated rings. The average molecular weight is 504 g/mol. The van der Waals surface area contributed by atoms with Crippen LogP contribution in [0.2, 0.25) is 5.02 Å². The highest BCUT2D eigenvalue weighted by atomic mass is 35.5. The summed E-state index contributed by atoms with van der Waals surface area (Å²) in [6.45, 7) is 8.10. The number of carbonyl (C=O) groups is 1. The molecule has 1 saturated carbocycles. The van der Waals surface area contributed by atoms with Crippen molar-refractivity contribution < 1.29 is 9.18 Å². The number of carbonyl (C=O) groups excluding carboxylic acids is 1. The number of imidazole rings is 1. The van der Waals surface area contributed by atoms with Crippen LogP contribution in [-0.2, 0) is 4.79 Å². The number of anilines is 1. The fraction of sp³-hybridized carbons (Fsp3) is 0.391. The van der Waals surface area contributed by atoms with Gasteiger partial charge in [-0.1, -0.05) is 42.8 Å². The Morgan fingerprint density at radius 1 is 1.26 bits per heavy atom. The molecule has 180 valence electrons. The van der Waals surface area contributed by atoms with Crippen LogP contribution in [-0.4, -0.2) is 35.7 Å². The van der Waals surface area contributed by atoms with Crippen LogP contribution in [0.4, 0.5) is 10.2 Å². The van der Waals surface area contributed by atoms with E-state index >= 15 is 4.39 Å². The predicted octanol–water partition coefficient (Wildman–Crippen LogP) is 5.90. The molecule has 4 aromatic rings. The number of halogens is 2. The van der Waals surface area contributed by atoms with Crippen molar-refractivity contribution in [1.82, 2.24) is 29.3 Å². The van der Waals surface area contributed by atoms with Crippen LogP contribution in [0, 0.1) is 5.82 Å². The van der Waals surface area contributed by atoms with E-state index < -0.39 is 5.82 Å². The maximum absolute atomic E-state index is 15.5. The highest BCUT2D eigenvalue weighted by Gasteiger charge is 2.26. The largest absolute Gasteiger partial charge is 0.312 e. The minimum absolute atomic E-state index is 0.0310. The zero-order valence-electron chi connectivity index (χ0n) is 19.4. The molecule has 1 aliphatic carbocycles. The van der Waals surface area contributed by atoms with E-state index in [1.807, 2.05) is 6.92 Å². The summed E-state index contributed by atoms with van der Waals surface area (Å²) < 4.78 is 20.5.